The lowest BCUT2D eigenvalue weighted by atomic mass is 10.1. The van der Waals surface area contributed by atoms with Crippen LogP contribution in [0.25, 0.3) is 0 Å². The van der Waals surface area contributed by atoms with Crippen LogP contribution in [0.2, 0.25) is 0 Å². The second-order valence-electron chi connectivity index (χ2n) is 3.46. The van der Waals surface area contributed by atoms with Gasteiger partial charge in [0, 0.05) is 19.0 Å². The van der Waals surface area contributed by atoms with Gasteiger partial charge in [-0.3, -0.25) is 4.79 Å². The van der Waals surface area contributed by atoms with Crippen molar-refractivity contribution in [2.75, 3.05) is 20.1 Å². The summed E-state index contributed by atoms with van der Waals surface area (Å²) in [4.78, 5) is 11.3. The van der Waals surface area contributed by atoms with Crippen LogP contribution < -0.4 is 10.6 Å². The van der Waals surface area contributed by atoms with Crippen LogP contribution in [0.4, 0.5) is 0 Å². The minimum atomic E-state index is 0.0756. The fourth-order valence-electron chi connectivity index (χ4n) is 1.16. The summed E-state index contributed by atoms with van der Waals surface area (Å²) < 4.78 is 0. The third kappa shape index (κ3) is 6.58. The van der Waals surface area contributed by atoms with Crippen molar-refractivity contribution in [2.45, 2.75) is 33.1 Å². The maximum atomic E-state index is 11.3. The molecule has 1 atom stereocenters. The molecule has 0 aromatic rings. The Morgan fingerprint density at radius 2 is 2.08 bits per heavy atom. The normalized spacial score (nSPS) is 12.5. The van der Waals surface area contributed by atoms with E-state index in [1.165, 1.54) is 12.8 Å². The Morgan fingerprint density at radius 1 is 1.38 bits per heavy atom. The molecule has 1 amide bonds. The quantitative estimate of drug-likeness (QED) is 0.586. The van der Waals surface area contributed by atoms with E-state index in [1.807, 2.05) is 14.0 Å². The van der Waals surface area contributed by atoms with Crippen LogP contribution in [0.3, 0.4) is 0 Å². The highest BCUT2D eigenvalue weighted by atomic mass is 16.1. The van der Waals surface area contributed by atoms with Gasteiger partial charge >= 0.3 is 0 Å². The van der Waals surface area contributed by atoms with Crippen LogP contribution in [-0.2, 0) is 4.79 Å². The zero-order chi connectivity index (χ0) is 10.1. The number of carbonyl (C=O) groups is 1. The van der Waals surface area contributed by atoms with E-state index in [0.717, 1.165) is 19.5 Å². The fraction of sp³-hybridized carbons (Fsp3) is 0.900. The summed E-state index contributed by atoms with van der Waals surface area (Å²) in [6.07, 6.45) is 3.48. The van der Waals surface area contributed by atoms with E-state index in [0.29, 0.717) is 0 Å². The van der Waals surface area contributed by atoms with Gasteiger partial charge < -0.3 is 10.6 Å². The third-order valence-corrected chi connectivity index (χ3v) is 2.04. The molecule has 1 unspecified atom stereocenters. The summed E-state index contributed by atoms with van der Waals surface area (Å²) in [7, 11) is 1.86. The Labute approximate surface area is 81.3 Å². The molecule has 0 heterocycles. The van der Waals surface area contributed by atoms with E-state index in [1.54, 1.807) is 0 Å². The van der Waals surface area contributed by atoms with E-state index in [4.69, 9.17) is 0 Å². The minimum Gasteiger partial charge on any atom is -0.356 e. The molecule has 0 rings (SSSR count). The van der Waals surface area contributed by atoms with Crippen molar-refractivity contribution in [3.63, 3.8) is 0 Å². The zero-order valence-electron chi connectivity index (χ0n) is 9.02. The summed E-state index contributed by atoms with van der Waals surface area (Å²) in [6, 6.07) is 0. The summed E-state index contributed by atoms with van der Waals surface area (Å²) in [6.45, 7) is 5.66. The first-order valence-electron chi connectivity index (χ1n) is 5.14. The molecule has 0 aromatic carbocycles. The Morgan fingerprint density at radius 3 is 2.62 bits per heavy atom. The molecule has 3 nitrogen and oxygen atoms in total. The lowest BCUT2D eigenvalue weighted by Gasteiger charge is -2.10. The van der Waals surface area contributed by atoms with Crippen LogP contribution >= 0.6 is 0 Å². The average molecular weight is 186 g/mol. The maximum Gasteiger partial charge on any atom is 0.224 e. The lowest BCUT2D eigenvalue weighted by molar-refractivity contribution is -0.124. The van der Waals surface area contributed by atoms with Crippen LogP contribution in [-0.4, -0.2) is 26.0 Å². The fourth-order valence-corrected chi connectivity index (χ4v) is 1.16. The number of carbonyl (C=O) groups excluding carboxylic acids is 1. The first kappa shape index (κ1) is 12.4. The topological polar surface area (TPSA) is 41.1 Å². The molecular weight excluding hydrogens is 164 g/mol. The van der Waals surface area contributed by atoms with Crippen molar-refractivity contribution in [3.8, 4) is 0 Å². The second-order valence-corrected chi connectivity index (χ2v) is 3.46. The zero-order valence-corrected chi connectivity index (χ0v) is 9.02. The molecule has 0 aromatic heterocycles. The highest BCUT2D eigenvalue weighted by Gasteiger charge is 2.09. The average Bonchev–Trinajstić information content (AvgIpc) is 2.12. The molecule has 0 aliphatic rings. The van der Waals surface area contributed by atoms with Gasteiger partial charge in [0.15, 0.2) is 0 Å². The summed E-state index contributed by atoms with van der Waals surface area (Å²) in [5.74, 6) is 0.233. The predicted octanol–water partition coefficient (Wildman–Crippen LogP) is 1.15. The van der Waals surface area contributed by atoms with Gasteiger partial charge in [0.05, 0.1) is 0 Å². The van der Waals surface area contributed by atoms with Gasteiger partial charge in [-0.25, -0.2) is 0 Å². The molecule has 0 radical (unpaired) electrons. The molecule has 0 saturated carbocycles. The van der Waals surface area contributed by atoms with Crippen LogP contribution in [0.5, 0.6) is 0 Å². The van der Waals surface area contributed by atoms with E-state index in [2.05, 4.69) is 17.6 Å². The molecular formula is C10H22N2O. The van der Waals surface area contributed by atoms with E-state index >= 15 is 0 Å². The molecule has 0 aliphatic heterocycles. The largest absolute Gasteiger partial charge is 0.356 e. The smallest absolute Gasteiger partial charge is 0.224 e. The number of amides is 1. The number of nitrogens with one attached hydrogen (secondary N) is 2. The van der Waals surface area contributed by atoms with Crippen molar-refractivity contribution >= 4 is 5.91 Å². The summed E-state index contributed by atoms with van der Waals surface area (Å²) >= 11 is 0. The number of hydrogen-bond acceptors (Lipinski definition) is 2. The van der Waals surface area contributed by atoms with Crippen LogP contribution in [0.1, 0.15) is 33.1 Å². The molecule has 2 N–H and O–H groups in total. The van der Waals surface area contributed by atoms with Gasteiger partial charge in [0.25, 0.3) is 0 Å². The van der Waals surface area contributed by atoms with E-state index in [-0.39, 0.29) is 11.8 Å². The predicted molar refractivity (Wildman–Crippen MR) is 55.6 cm³/mol. The van der Waals surface area contributed by atoms with Crippen molar-refractivity contribution < 1.29 is 4.79 Å². The molecule has 0 spiro atoms. The van der Waals surface area contributed by atoms with E-state index < -0.39 is 0 Å². The van der Waals surface area contributed by atoms with Crippen molar-refractivity contribution in [3.05, 3.63) is 0 Å². The van der Waals surface area contributed by atoms with Gasteiger partial charge in [-0.2, -0.15) is 0 Å². The van der Waals surface area contributed by atoms with Gasteiger partial charge in [0.2, 0.25) is 5.91 Å². The summed E-state index contributed by atoms with van der Waals surface area (Å²) in [5.41, 5.74) is 0. The van der Waals surface area contributed by atoms with Crippen molar-refractivity contribution in [1.29, 1.82) is 0 Å². The lowest BCUT2D eigenvalue weighted by Crippen LogP contribution is -2.34. The third-order valence-electron chi connectivity index (χ3n) is 2.04. The molecule has 13 heavy (non-hydrogen) atoms. The minimum absolute atomic E-state index is 0.0756. The Bertz CT molecular complexity index is 137. The van der Waals surface area contributed by atoms with E-state index in [9.17, 15) is 4.79 Å². The molecule has 3 heteroatoms. The Balaban J connectivity index is 3.38. The molecule has 0 bridgehead atoms. The SMILES string of the molecule is CCCCCNC(=O)C(C)CNC. The number of unbranched alkanes of at least 4 members (excludes halogenated alkanes) is 2. The van der Waals surface area contributed by atoms with Crippen LogP contribution in [0, 0.1) is 5.92 Å². The van der Waals surface area contributed by atoms with Crippen molar-refractivity contribution in [1.82, 2.24) is 10.6 Å². The van der Waals surface area contributed by atoms with Crippen molar-refractivity contribution in [2.24, 2.45) is 5.92 Å². The highest BCUT2D eigenvalue weighted by Crippen LogP contribution is 1.94. The highest BCUT2D eigenvalue weighted by molar-refractivity contribution is 5.78. The Hall–Kier alpha value is -0.570. The molecule has 0 saturated heterocycles. The second kappa shape index (κ2) is 8.05. The van der Waals surface area contributed by atoms with Crippen LogP contribution in [0.15, 0.2) is 0 Å². The number of rotatable bonds is 7. The first-order chi connectivity index (χ1) is 6.22. The van der Waals surface area contributed by atoms with Gasteiger partial charge in [-0.05, 0) is 13.5 Å². The standard InChI is InChI=1S/C10H22N2O/c1-4-5-6-7-12-10(13)9(2)8-11-3/h9,11H,4-8H2,1-3H3,(H,12,13). The Kier molecular flexibility index (Phi) is 7.69. The molecule has 0 aliphatic carbocycles. The first-order valence-corrected chi connectivity index (χ1v) is 5.14. The monoisotopic (exact) mass is 186 g/mol. The molecule has 0 fully saturated rings. The van der Waals surface area contributed by atoms with Gasteiger partial charge in [-0.1, -0.05) is 26.7 Å². The van der Waals surface area contributed by atoms with Gasteiger partial charge in [-0.15, -0.1) is 0 Å². The van der Waals surface area contributed by atoms with Gasteiger partial charge in [0.1, 0.15) is 0 Å². The summed E-state index contributed by atoms with van der Waals surface area (Å²) in [5, 5.41) is 5.91. The maximum absolute atomic E-state index is 11.3. The molecule has 78 valence electrons. The number of hydrogen-bond donors (Lipinski definition) is 2.